The number of hydrogen-bond acceptors (Lipinski definition) is 3. The average Bonchev–Trinajstić information content (AvgIpc) is 2.60. The normalized spacial score (nSPS) is 17.0. The van der Waals surface area contributed by atoms with Crippen molar-refractivity contribution in [1.82, 2.24) is 14.8 Å². The molecule has 1 atom stereocenters. The highest BCUT2D eigenvalue weighted by atomic mass is 15.3. The van der Waals surface area contributed by atoms with Crippen LogP contribution in [0, 0.1) is 6.92 Å². The van der Waals surface area contributed by atoms with Gasteiger partial charge in [0, 0.05) is 32.4 Å². The van der Waals surface area contributed by atoms with Crippen LogP contribution in [0.5, 0.6) is 0 Å². The number of benzene rings is 1. The molecule has 2 aromatic rings. The number of aryl methyl sites for hydroxylation is 1. The molecule has 3 heteroatoms. The SMILES string of the molecule is CCC.Cc1ccc(C(c2ccccn2)N2CCN(C)CC2)cc1. The lowest BCUT2D eigenvalue weighted by molar-refractivity contribution is 0.125. The van der Waals surface area contributed by atoms with Crippen LogP contribution < -0.4 is 0 Å². The summed E-state index contributed by atoms with van der Waals surface area (Å²) >= 11 is 0. The topological polar surface area (TPSA) is 19.4 Å². The van der Waals surface area contributed by atoms with Gasteiger partial charge in [-0.1, -0.05) is 56.2 Å². The van der Waals surface area contributed by atoms with Crippen molar-refractivity contribution in [2.24, 2.45) is 0 Å². The molecule has 0 saturated carbocycles. The summed E-state index contributed by atoms with van der Waals surface area (Å²) in [6.07, 6.45) is 3.15. The predicted molar refractivity (Wildman–Crippen MR) is 102 cm³/mol. The number of piperazine rings is 1. The largest absolute Gasteiger partial charge is 0.304 e. The summed E-state index contributed by atoms with van der Waals surface area (Å²) in [6, 6.07) is 15.4. The molecule has 2 heterocycles. The Kier molecular flexibility index (Phi) is 7.41. The zero-order valence-corrected chi connectivity index (χ0v) is 15.6. The number of rotatable bonds is 3. The van der Waals surface area contributed by atoms with E-state index in [1.165, 1.54) is 17.5 Å². The fourth-order valence-electron chi connectivity index (χ4n) is 2.94. The predicted octanol–water partition coefficient (Wildman–Crippen LogP) is 4.14. The lowest BCUT2D eigenvalue weighted by Gasteiger charge is -2.38. The Morgan fingerprint density at radius 1 is 0.958 bits per heavy atom. The lowest BCUT2D eigenvalue weighted by Crippen LogP contribution is -2.46. The monoisotopic (exact) mass is 325 g/mol. The minimum Gasteiger partial charge on any atom is -0.304 e. The Balaban J connectivity index is 0.000000647. The molecule has 1 aliphatic heterocycles. The van der Waals surface area contributed by atoms with Crippen LogP contribution in [0.3, 0.4) is 0 Å². The summed E-state index contributed by atoms with van der Waals surface area (Å²) in [7, 11) is 2.19. The van der Waals surface area contributed by atoms with Crippen molar-refractivity contribution in [1.29, 1.82) is 0 Å². The van der Waals surface area contributed by atoms with E-state index in [9.17, 15) is 0 Å². The van der Waals surface area contributed by atoms with Crippen LogP contribution in [-0.4, -0.2) is 48.0 Å². The van der Waals surface area contributed by atoms with Crippen molar-refractivity contribution < 1.29 is 0 Å². The number of aromatic nitrogens is 1. The quantitative estimate of drug-likeness (QED) is 0.845. The maximum atomic E-state index is 4.62. The number of pyridine rings is 1. The maximum Gasteiger partial charge on any atom is 0.0777 e. The highest BCUT2D eigenvalue weighted by molar-refractivity contribution is 5.30. The van der Waals surface area contributed by atoms with Gasteiger partial charge in [0.1, 0.15) is 0 Å². The average molecular weight is 326 g/mol. The van der Waals surface area contributed by atoms with Crippen LogP contribution in [-0.2, 0) is 0 Å². The summed E-state index contributed by atoms with van der Waals surface area (Å²) in [5.41, 5.74) is 3.78. The van der Waals surface area contributed by atoms with Gasteiger partial charge in [0.2, 0.25) is 0 Å². The van der Waals surface area contributed by atoms with E-state index in [0.717, 1.165) is 31.9 Å². The smallest absolute Gasteiger partial charge is 0.0777 e. The first-order valence-corrected chi connectivity index (χ1v) is 9.05. The van der Waals surface area contributed by atoms with E-state index < -0.39 is 0 Å². The molecule has 0 bridgehead atoms. The lowest BCUT2D eigenvalue weighted by atomic mass is 9.99. The minimum atomic E-state index is 0.264. The third-order valence-electron chi connectivity index (χ3n) is 4.26. The number of likely N-dealkylation sites (N-methyl/N-ethyl adjacent to an activating group) is 1. The Bertz CT molecular complexity index is 572. The van der Waals surface area contributed by atoms with Crippen LogP contribution in [0.15, 0.2) is 48.7 Å². The third-order valence-corrected chi connectivity index (χ3v) is 4.26. The van der Waals surface area contributed by atoms with Gasteiger partial charge in [-0.15, -0.1) is 0 Å². The van der Waals surface area contributed by atoms with Crippen LogP contribution in [0.1, 0.15) is 43.1 Å². The van der Waals surface area contributed by atoms with Gasteiger partial charge >= 0.3 is 0 Å². The van der Waals surface area contributed by atoms with E-state index in [-0.39, 0.29) is 6.04 Å². The van der Waals surface area contributed by atoms with E-state index in [0.29, 0.717) is 0 Å². The van der Waals surface area contributed by atoms with E-state index in [1.54, 1.807) is 0 Å². The molecule has 1 aromatic carbocycles. The van der Waals surface area contributed by atoms with Crippen molar-refractivity contribution in [2.75, 3.05) is 33.2 Å². The second kappa shape index (κ2) is 9.55. The highest BCUT2D eigenvalue weighted by Gasteiger charge is 2.26. The molecule has 1 saturated heterocycles. The standard InChI is InChI=1S/C18H23N3.C3H8/c1-15-6-8-16(9-7-15)18(17-5-3-4-10-19-17)21-13-11-20(2)12-14-21;1-3-2/h3-10,18H,11-14H2,1-2H3;3H2,1-2H3. The Morgan fingerprint density at radius 2 is 1.58 bits per heavy atom. The second-order valence-electron chi connectivity index (χ2n) is 6.61. The van der Waals surface area contributed by atoms with Gasteiger partial charge in [-0.25, -0.2) is 0 Å². The number of nitrogens with zero attached hydrogens (tertiary/aromatic N) is 3. The van der Waals surface area contributed by atoms with Gasteiger partial charge < -0.3 is 4.90 Å². The maximum absolute atomic E-state index is 4.62. The molecule has 0 aliphatic carbocycles. The molecular formula is C21H31N3. The molecule has 1 unspecified atom stereocenters. The zero-order valence-electron chi connectivity index (χ0n) is 15.6. The van der Waals surface area contributed by atoms with Gasteiger partial charge in [0.25, 0.3) is 0 Å². The molecule has 1 aliphatic rings. The summed E-state index contributed by atoms with van der Waals surface area (Å²) < 4.78 is 0. The minimum absolute atomic E-state index is 0.264. The summed E-state index contributed by atoms with van der Waals surface area (Å²) in [4.78, 5) is 9.56. The van der Waals surface area contributed by atoms with Gasteiger partial charge in [-0.3, -0.25) is 9.88 Å². The fourth-order valence-corrected chi connectivity index (χ4v) is 2.94. The van der Waals surface area contributed by atoms with Crippen molar-refractivity contribution in [2.45, 2.75) is 33.2 Å². The molecule has 3 rings (SSSR count). The zero-order chi connectivity index (χ0) is 17.4. The van der Waals surface area contributed by atoms with Gasteiger partial charge in [-0.2, -0.15) is 0 Å². The molecule has 1 aromatic heterocycles. The van der Waals surface area contributed by atoms with Crippen LogP contribution in [0.25, 0.3) is 0 Å². The Morgan fingerprint density at radius 3 is 2.12 bits per heavy atom. The summed E-state index contributed by atoms with van der Waals surface area (Å²) in [5.74, 6) is 0. The molecule has 130 valence electrons. The van der Waals surface area contributed by atoms with E-state index in [1.807, 2.05) is 12.3 Å². The first-order chi connectivity index (χ1) is 11.7. The summed E-state index contributed by atoms with van der Waals surface area (Å²) in [5, 5.41) is 0. The third kappa shape index (κ3) is 5.15. The molecule has 24 heavy (non-hydrogen) atoms. The molecule has 0 N–H and O–H groups in total. The Hall–Kier alpha value is -1.71. The molecular weight excluding hydrogens is 294 g/mol. The van der Waals surface area contributed by atoms with E-state index in [4.69, 9.17) is 0 Å². The van der Waals surface area contributed by atoms with Crippen molar-refractivity contribution in [3.63, 3.8) is 0 Å². The van der Waals surface area contributed by atoms with E-state index >= 15 is 0 Å². The van der Waals surface area contributed by atoms with E-state index in [2.05, 4.69) is 79.0 Å². The van der Waals surface area contributed by atoms with Crippen molar-refractivity contribution in [3.8, 4) is 0 Å². The number of hydrogen-bond donors (Lipinski definition) is 0. The summed E-state index contributed by atoms with van der Waals surface area (Å²) in [6.45, 7) is 10.8. The first-order valence-electron chi connectivity index (χ1n) is 9.05. The molecule has 1 fully saturated rings. The van der Waals surface area contributed by atoms with Crippen LogP contribution in [0.4, 0.5) is 0 Å². The Labute approximate surface area is 147 Å². The second-order valence-corrected chi connectivity index (χ2v) is 6.61. The highest BCUT2D eigenvalue weighted by Crippen LogP contribution is 2.28. The van der Waals surface area contributed by atoms with Crippen LogP contribution >= 0.6 is 0 Å². The van der Waals surface area contributed by atoms with Crippen molar-refractivity contribution in [3.05, 3.63) is 65.5 Å². The van der Waals surface area contributed by atoms with Gasteiger partial charge in [-0.05, 0) is 31.7 Å². The van der Waals surface area contributed by atoms with Gasteiger partial charge in [0.05, 0.1) is 11.7 Å². The molecule has 0 amide bonds. The first kappa shape index (κ1) is 18.6. The molecule has 3 nitrogen and oxygen atoms in total. The van der Waals surface area contributed by atoms with Gasteiger partial charge in [0.15, 0.2) is 0 Å². The van der Waals surface area contributed by atoms with Crippen molar-refractivity contribution >= 4 is 0 Å². The van der Waals surface area contributed by atoms with Crippen LogP contribution in [0.2, 0.25) is 0 Å². The molecule has 0 radical (unpaired) electrons. The molecule has 0 spiro atoms. The fraction of sp³-hybridized carbons (Fsp3) is 0.476.